The molecular weight excluding hydrogens is 340 g/mol. The first-order valence-corrected chi connectivity index (χ1v) is 9.25. The van der Waals surface area contributed by atoms with E-state index >= 15 is 0 Å². The van der Waals surface area contributed by atoms with E-state index in [9.17, 15) is 4.79 Å². The number of amides is 1. The molecule has 1 saturated heterocycles. The lowest BCUT2D eigenvalue weighted by molar-refractivity contribution is 0.0218. The number of rotatable bonds is 4. The van der Waals surface area contributed by atoms with E-state index in [0.717, 1.165) is 23.3 Å². The van der Waals surface area contributed by atoms with E-state index in [1.165, 1.54) is 0 Å². The summed E-state index contributed by atoms with van der Waals surface area (Å²) in [5.74, 6) is 0. The van der Waals surface area contributed by atoms with Crippen LogP contribution in [0.1, 0.15) is 38.3 Å². The lowest BCUT2D eigenvalue weighted by Gasteiger charge is -2.24. The minimum Gasteiger partial charge on any atom is -0.444 e. The Bertz CT molecular complexity index is 741. The van der Waals surface area contributed by atoms with Gasteiger partial charge in [0, 0.05) is 24.1 Å². The molecule has 1 atom stereocenters. The first kappa shape index (κ1) is 19.0. The molecule has 5 nitrogen and oxygen atoms in total. The zero-order valence-corrected chi connectivity index (χ0v) is 16.1. The maximum absolute atomic E-state index is 12.2. The fourth-order valence-electron chi connectivity index (χ4n) is 2.90. The molecule has 1 aliphatic rings. The Labute approximate surface area is 160 Å². The number of hydrogen-bond acceptors (Lipinski definition) is 4. The minimum absolute atomic E-state index is 0.139. The number of carbonyl (C=O) groups is 1. The SMILES string of the molecule is CC(C)(C)OC(=O)N1CCC(ON=C(c2ccccc2)c2ccccc2)C1. The molecule has 1 aliphatic heterocycles. The topological polar surface area (TPSA) is 51.1 Å². The molecule has 0 aromatic heterocycles. The third kappa shape index (κ3) is 5.33. The van der Waals surface area contributed by atoms with Gasteiger partial charge in [0.2, 0.25) is 0 Å². The third-order valence-electron chi connectivity index (χ3n) is 4.18. The number of oxime groups is 1. The summed E-state index contributed by atoms with van der Waals surface area (Å²) < 4.78 is 5.43. The van der Waals surface area contributed by atoms with Gasteiger partial charge in [-0.25, -0.2) is 4.79 Å². The molecule has 1 heterocycles. The summed E-state index contributed by atoms with van der Waals surface area (Å²) in [5, 5.41) is 4.45. The molecular formula is C22H26N2O3. The molecule has 1 fully saturated rings. The molecule has 0 N–H and O–H groups in total. The highest BCUT2D eigenvalue weighted by Crippen LogP contribution is 2.19. The number of carbonyl (C=O) groups excluding carboxylic acids is 1. The van der Waals surface area contributed by atoms with E-state index in [-0.39, 0.29) is 12.2 Å². The van der Waals surface area contributed by atoms with E-state index in [1.54, 1.807) is 4.90 Å². The highest BCUT2D eigenvalue weighted by molar-refractivity contribution is 6.12. The van der Waals surface area contributed by atoms with Crippen molar-refractivity contribution < 1.29 is 14.4 Å². The predicted molar refractivity (Wildman–Crippen MR) is 106 cm³/mol. The van der Waals surface area contributed by atoms with Gasteiger partial charge in [0.1, 0.15) is 17.4 Å². The van der Waals surface area contributed by atoms with Gasteiger partial charge in [-0.1, -0.05) is 65.8 Å². The normalized spacial score (nSPS) is 16.7. The van der Waals surface area contributed by atoms with Gasteiger partial charge in [0.05, 0.1) is 6.54 Å². The number of ether oxygens (including phenoxy) is 1. The Kier molecular flexibility index (Phi) is 5.79. The van der Waals surface area contributed by atoms with E-state index in [1.807, 2.05) is 81.4 Å². The van der Waals surface area contributed by atoms with E-state index in [0.29, 0.717) is 13.1 Å². The third-order valence-corrected chi connectivity index (χ3v) is 4.18. The predicted octanol–water partition coefficient (Wildman–Crippen LogP) is 4.47. The van der Waals surface area contributed by atoms with Crippen LogP contribution in [0.4, 0.5) is 4.79 Å². The molecule has 142 valence electrons. The van der Waals surface area contributed by atoms with Crippen LogP contribution < -0.4 is 0 Å². The highest BCUT2D eigenvalue weighted by Gasteiger charge is 2.31. The molecule has 1 amide bonds. The summed E-state index contributed by atoms with van der Waals surface area (Å²) in [4.78, 5) is 19.7. The molecule has 1 unspecified atom stereocenters. The molecule has 5 heteroatoms. The Morgan fingerprint density at radius 3 is 2.07 bits per heavy atom. The Morgan fingerprint density at radius 2 is 1.56 bits per heavy atom. The lowest BCUT2D eigenvalue weighted by Crippen LogP contribution is -2.35. The van der Waals surface area contributed by atoms with Crippen LogP contribution in [0.3, 0.4) is 0 Å². The zero-order chi connectivity index (χ0) is 19.3. The molecule has 27 heavy (non-hydrogen) atoms. The molecule has 0 saturated carbocycles. The van der Waals surface area contributed by atoms with Crippen LogP contribution >= 0.6 is 0 Å². The number of benzene rings is 2. The quantitative estimate of drug-likeness (QED) is 0.593. The average molecular weight is 366 g/mol. The molecule has 2 aromatic carbocycles. The van der Waals surface area contributed by atoms with E-state index in [4.69, 9.17) is 9.57 Å². The summed E-state index contributed by atoms with van der Waals surface area (Å²) in [7, 11) is 0. The van der Waals surface area contributed by atoms with Crippen molar-refractivity contribution >= 4 is 11.8 Å². The highest BCUT2D eigenvalue weighted by atomic mass is 16.6. The van der Waals surface area contributed by atoms with Crippen molar-refractivity contribution in [1.29, 1.82) is 0 Å². The van der Waals surface area contributed by atoms with Crippen molar-refractivity contribution in [2.45, 2.75) is 38.9 Å². The van der Waals surface area contributed by atoms with Gasteiger partial charge in [0.15, 0.2) is 0 Å². The van der Waals surface area contributed by atoms with Crippen molar-refractivity contribution in [3.05, 3.63) is 71.8 Å². The summed E-state index contributed by atoms with van der Waals surface area (Å²) in [6, 6.07) is 19.9. The van der Waals surface area contributed by atoms with Gasteiger partial charge in [-0.3, -0.25) is 0 Å². The van der Waals surface area contributed by atoms with Gasteiger partial charge in [-0.2, -0.15) is 0 Å². The summed E-state index contributed by atoms with van der Waals surface area (Å²) in [5.41, 5.74) is 2.27. The summed E-state index contributed by atoms with van der Waals surface area (Å²) >= 11 is 0. The van der Waals surface area contributed by atoms with Gasteiger partial charge in [-0.15, -0.1) is 0 Å². The fourth-order valence-corrected chi connectivity index (χ4v) is 2.90. The zero-order valence-electron chi connectivity index (χ0n) is 16.1. The van der Waals surface area contributed by atoms with Crippen LogP contribution in [-0.2, 0) is 9.57 Å². The van der Waals surface area contributed by atoms with Crippen LogP contribution in [0, 0.1) is 0 Å². The smallest absolute Gasteiger partial charge is 0.410 e. The molecule has 3 rings (SSSR count). The monoisotopic (exact) mass is 366 g/mol. The van der Waals surface area contributed by atoms with Crippen LogP contribution in [0.15, 0.2) is 65.8 Å². The van der Waals surface area contributed by atoms with E-state index < -0.39 is 5.60 Å². The van der Waals surface area contributed by atoms with Gasteiger partial charge >= 0.3 is 6.09 Å². The first-order chi connectivity index (χ1) is 12.9. The summed E-state index contributed by atoms with van der Waals surface area (Å²) in [6.45, 7) is 6.69. The van der Waals surface area contributed by atoms with Crippen molar-refractivity contribution in [3.8, 4) is 0 Å². The standard InChI is InChI=1S/C22H26N2O3/c1-22(2,3)26-21(25)24-15-14-19(16-24)27-23-20(17-10-6-4-7-11-17)18-12-8-5-9-13-18/h4-13,19H,14-16H2,1-3H3. The van der Waals surface area contributed by atoms with E-state index in [2.05, 4.69) is 5.16 Å². The van der Waals surface area contributed by atoms with Crippen LogP contribution in [-0.4, -0.2) is 41.5 Å². The van der Waals surface area contributed by atoms with Crippen molar-refractivity contribution in [2.24, 2.45) is 5.16 Å². The minimum atomic E-state index is -0.498. The van der Waals surface area contributed by atoms with Crippen molar-refractivity contribution in [1.82, 2.24) is 4.90 Å². The lowest BCUT2D eigenvalue weighted by atomic mass is 10.0. The first-order valence-electron chi connectivity index (χ1n) is 9.25. The number of nitrogens with zero attached hydrogens (tertiary/aromatic N) is 2. The average Bonchev–Trinajstić information content (AvgIpc) is 3.12. The second-order valence-electron chi connectivity index (χ2n) is 7.61. The Hall–Kier alpha value is -2.82. The Morgan fingerprint density at radius 1 is 1.00 bits per heavy atom. The molecule has 0 radical (unpaired) electrons. The fraction of sp³-hybridized carbons (Fsp3) is 0.364. The van der Waals surface area contributed by atoms with Crippen LogP contribution in [0.5, 0.6) is 0 Å². The van der Waals surface area contributed by atoms with Gasteiger partial charge in [0.25, 0.3) is 0 Å². The summed E-state index contributed by atoms with van der Waals surface area (Å²) in [6.07, 6.45) is 0.295. The maximum Gasteiger partial charge on any atom is 0.410 e. The molecule has 0 spiro atoms. The molecule has 0 aliphatic carbocycles. The largest absolute Gasteiger partial charge is 0.444 e. The van der Waals surface area contributed by atoms with Crippen molar-refractivity contribution in [2.75, 3.05) is 13.1 Å². The van der Waals surface area contributed by atoms with Gasteiger partial charge < -0.3 is 14.5 Å². The van der Waals surface area contributed by atoms with Crippen LogP contribution in [0.25, 0.3) is 0 Å². The van der Waals surface area contributed by atoms with Crippen molar-refractivity contribution in [3.63, 3.8) is 0 Å². The Balaban J connectivity index is 1.70. The molecule has 2 aromatic rings. The maximum atomic E-state index is 12.2. The van der Waals surface area contributed by atoms with Crippen LogP contribution in [0.2, 0.25) is 0 Å². The number of hydrogen-bond donors (Lipinski definition) is 0. The number of likely N-dealkylation sites (tertiary alicyclic amines) is 1. The van der Waals surface area contributed by atoms with Gasteiger partial charge in [-0.05, 0) is 20.8 Å². The second-order valence-corrected chi connectivity index (χ2v) is 7.61. The molecule has 0 bridgehead atoms. The second kappa shape index (κ2) is 8.25.